The van der Waals surface area contributed by atoms with Gasteiger partial charge < -0.3 is 0 Å². The van der Waals surface area contributed by atoms with Crippen LogP contribution in [0.2, 0.25) is 0 Å². The monoisotopic (exact) mass is 561 g/mol. The van der Waals surface area contributed by atoms with E-state index in [1.807, 2.05) is 0 Å². The summed E-state index contributed by atoms with van der Waals surface area (Å²) in [4.78, 5) is 0. The van der Waals surface area contributed by atoms with E-state index in [4.69, 9.17) is 0 Å². The molecule has 0 aliphatic heterocycles. The molecule has 0 fully saturated rings. The van der Waals surface area contributed by atoms with Gasteiger partial charge in [0.05, 0.1) is 0 Å². The summed E-state index contributed by atoms with van der Waals surface area (Å²) in [5.41, 5.74) is 5.91. The summed E-state index contributed by atoms with van der Waals surface area (Å²) >= 11 is 0. The van der Waals surface area contributed by atoms with Gasteiger partial charge in [0.15, 0.2) is 0 Å². The lowest BCUT2D eigenvalue weighted by Crippen LogP contribution is -1.92. The van der Waals surface area contributed by atoms with Crippen molar-refractivity contribution < 1.29 is 0 Å². The van der Waals surface area contributed by atoms with E-state index >= 15 is 0 Å². The lowest BCUT2D eigenvalue weighted by atomic mass is 9.99. The molecular weight excluding hydrogens is 492 g/mol. The predicted octanol–water partition coefficient (Wildman–Crippen LogP) is 13.8. The highest BCUT2D eigenvalue weighted by Crippen LogP contribution is 2.17. The van der Waals surface area contributed by atoms with Crippen molar-refractivity contribution in [2.45, 2.75) is 187 Å². The van der Waals surface area contributed by atoms with E-state index in [0.29, 0.717) is 0 Å². The van der Waals surface area contributed by atoms with Crippen molar-refractivity contribution in [1.29, 1.82) is 0 Å². The van der Waals surface area contributed by atoms with Crippen LogP contribution in [0.3, 0.4) is 0 Å². The maximum atomic E-state index is 2.37. The van der Waals surface area contributed by atoms with Crippen molar-refractivity contribution in [1.82, 2.24) is 0 Å². The molecule has 0 N–H and O–H groups in total. The molecule has 0 bridgehead atoms. The van der Waals surface area contributed by atoms with Crippen molar-refractivity contribution in [2.24, 2.45) is 0 Å². The third-order valence-corrected chi connectivity index (χ3v) is 9.09. The molecule has 0 unspecified atom stereocenters. The molecule has 2 aromatic carbocycles. The molecule has 2 rings (SSSR count). The van der Waals surface area contributed by atoms with Gasteiger partial charge in [0, 0.05) is 0 Å². The van der Waals surface area contributed by atoms with Crippen LogP contribution in [0.25, 0.3) is 0 Å². The van der Waals surface area contributed by atoms with Crippen LogP contribution in [-0.4, -0.2) is 0 Å². The van der Waals surface area contributed by atoms with Crippen LogP contribution in [0, 0.1) is 0 Å². The molecular formula is C41H68. The Kier molecular flexibility index (Phi) is 22.7. The molecule has 0 aliphatic rings. The molecule has 0 saturated carbocycles. The average molecular weight is 561 g/mol. The van der Waals surface area contributed by atoms with E-state index in [0.717, 1.165) is 6.42 Å². The number of unbranched alkanes of at least 4 members (excludes halogenated alkanes) is 22. The Morgan fingerprint density at radius 2 is 0.488 bits per heavy atom. The quantitative estimate of drug-likeness (QED) is 0.0908. The first-order chi connectivity index (χ1) is 20.3. The second kappa shape index (κ2) is 26.1. The minimum absolute atomic E-state index is 1.05. The van der Waals surface area contributed by atoms with E-state index in [9.17, 15) is 0 Å². The topological polar surface area (TPSA) is 0 Å². The van der Waals surface area contributed by atoms with E-state index in [1.165, 1.54) is 189 Å². The summed E-state index contributed by atoms with van der Waals surface area (Å²) in [6.45, 7) is 4.60. The number of aryl methyl sites for hydroxylation is 2. The van der Waals surface area contributed by atoms with Crippen molar-refractivity contribution >= 4 is 0 Å². The second-order valence-electron chi connectivity index (χ2n) is 13.1. The first-order valence-electron chi connectivity index (χ1n) is 18.5. The lowest BCUT2D eigenvalue weighted by molar-refractivity contribution is 0.544. The molecule has 0 heterocycles. The molecule has 0 atom stereocenters. The summed E-state index contributed by atoms with van der Waals surface area (Å²) < 4.78 is 0. The summed E-state index contributed by atoms with van der Waals surface area (Å²) in [5, 5.41) is 0. The number of rotatable bonds is 28. The molecule has 0 spiro atoms. The van der Waals surface area contributed by atoms with Crippen LogP contribution >= 0.6 is 0 Å². The zero-order valence-corrected chi connectivity index (χ0v) is 27.7. The largest absolute Gasteiger partial charge is 0.0654 e. The fourth-order valence-electron chi connectivity index (χ4n) is 6.22. The normalized spacial score (nSPS) is 11.4. The number of benzene rings is 2. The van der Waals surface area contributed by atoms with E-state index in [1.54, 1.807) is 0 Å². The van der Waals surface area contributed by atoms with Gasteiger partial charge in [-0.1, -0.05) is 204 Å². The van der Waals surface area contributed by atoms with Gasteiger partial charge in [-0.25, -0.2) is 0 Å². The third kappa shape index (κ3) is 20.1. The molecule has 0 heteroatoms. The van der Waals surface area contributed by atoms with Gasteiger partial charge >= 0.3 is 0 Å². The molecule has 0 aromatic heterocycles. The number of hydrogen-bond donors (Lipinski definition) is 0. The molecule has 0 saturated heterocycles. The molecule has 0 aliphatic carbocycles. The Bertz CT molecular complexity index is 729. The molecule has 0 amide bonds. The van der Waals surface area contributed by atoms with Crippen molar-refractivity contribution in [2.75, 3.05) is 0 Å². The SMILES string of the molecule is CCCCCCCCCCCCCCc1ccc(Cc2ccc(CCCCCCCCCCCCCC)cc2)cc1. The van der Waals surface area contributed by atoms with Gasteiger partial charge in [-0.15, -0.1) is 0 Å². The minimum atomic E-state index is 1.05. The lowest BCUT2D eigenvalue weighted by Gasteiger charge is -2.07. The van der Waals surface area contributed by atoms with Crippen LogP contribution in [0.5, 0.6) is 0 Å². The Labute approximate surface area is 257 Å². The van der Waals surface area contributed by atoms with Crippen LogP contribution in [-0.2, 0) is 19.3 Å². The van der Waals surface area contributed by atoms with Crippen molar-refractivity contribution in [3.05, 3.63) is 70.8 Å². The zero-order chi connectivity index (χ0) is 29.1. The molecule has 41 heavy (non-hydrogen) atoms. The van der Waals surface area contributed by atoms with Gasteiger partial charge in [-0.2, -0.15) is 0 Å². The molecule has 2 aromatic rings. The van der Waals surface area contributed by atoms with E-state index in [2.05, 4.69) is 62.4 Å². The highest BCUT2D eigenvalue weighted by Gasteiger charge is 2.01. The minimum Gasteiger partial charge on any atom is -0.0654 e. The first-order valence-corrected chi connectivity index (χ1v) is 18.5. The highest BCUT2D eigenvalue weighted by molar-refractivity contribution is 5.30. The summed E-state index contributed by atoms with van der Waals surface area (Å²) in [5.74, 6) is 0. The zero-order valence-electron chi connectivity index (χ0n) is 27.7. The summed E-state index contributed by atoms with van der Waals surface area (Å²) in [6, 6.07) is 18.9. The number of hydrogen-bond acceptors (Lipinski definition) is 0. The highest BCUT2D eigenvalue weighted by atomic mass is 14.1. The predicted molar refractivity (Wildman–Crippen MR) is 185 cm³/mol. The average Bonchev–Trinajstić information content (AvgIpc) is 3.00. The fraction of sp³-hybridized carbons (Fsp3) is 0.707. The standard InChI is InChI=1S/C41H68/c1-3-5-7-9-11-13-15-17-19-21-23-25-27-38-29-33-40(34-30-38)37-41-35-31-39(32-36-41)28-26-24-22-20-18-16-14-12-10-8-6-4-2/h29-36H,3-28,37H2,1-2H3. The smallest absolute Gasteiger partial charge is 0.00258 e. The first kappa shape index (κ1) is 35.6. The summed E-state index contributed by atoms with van der Waals surface area (Å²) in [7, 11) is 0. The third-order valence-electron chi connectivity index (χ3n) is 9.09. The van der Waals surface area contributed by atoms with Gasteiger partial charge in [-0.3, -0.25) is 0 Å². The fourth-order valence-corrected chi connectivity index (χ4v) is 6.22. The van der Waals surface area contributed by atoms with E-state index in [-0.39, 0.29) is 0 Å². The second-order valence-corrected chi connectivity index (χ2v) is 13.1. The Hall–Kier alpha value is -1.56. The molecule has 232 valence electrons. The van der Waals surface area contributed by atoms with Crippen LogP contribution in [0.4, 0.5) is 0 Å². The van der Waals surface area contributed by atoms with Crippen molar-refractivity contribution in [3.63, 3.8) is 0 Å². The molecule has 0 nitrogen and oxygen atoms in total. The van der Waals surface area contributed by atoms with Crippen LogP contribution < -0.4 is 0 Å². The van der Waals surface area contributed by atoms with Gasteiger partial charge in [-0.05, 0) is 54.4 Å². The van der Waals surface area contributed by atoms with Gasteiger partial charge in [0.2, 0.25) is 0 Å². The van der Waals surface area contributed by atoms with Crippen LogP contribution in [0.15, 0.2) is 48.5 Å². The molecule has 0 radical (unpaired) electrons. The van der Waals surface area contributed by atoms with Crippen molar-refractivity contribution in [3.8, 4) is 0 Å². The van der Waals surface area contributed by atoms with Crippen LogP contribution in [0.1, 0.15) is 190 Å². The van der Waals surface area contributed by atoms with Gasteiger partial charge in [0.1, 0.15) is 0 Å². The Morgan fingerprint density at radius 3 is 0.756 bits per heavy atom. The Balaban J connectivity index is 1.46. The maximum absolute atomic E-state index is 2.37. The Morgan fingerprint density at radius 1 is 0.268 bits per heavy atom. The van der Waals surface area contributed by atoms with E-state index < -0.39 is 0 Å². The maximum Gasteiger partial charge on any atom is -0.00258 e. The van der Waals surface area contributed by atoms with Gasteiger partial charge in [0.25, 0.3) is 0 Å². The summed E-state index contributed by atoms with van der Waals surface area (Å²) in [6.07, 6.45) is 37.7.